The average molecular weight is 163 g/mol. The number of carbonyl (C=O) groups excluding carboxylic acids is 1. The van der Waals surface area contributed by atoms with E-state index in [9.17, 15) is 4.79 Å². The third-order valence-corrected chi connectivity index (χ3v) is 1.90. The van der Waals surface area contributed by atoms with Crippen molar-refractivity contribution in [2.45, 2.75) is 13.8 Å². The van der Waals surface area contributed by atoms with Crippen molar-refractivity contribution >= 4 is 12.0 Å². The second-order valence-corrected chi connectivity index (χ2v) is 2.85. The van der Waals surface area contributed by atoms with Crippen LogP contribution >= 0.6 is 0 Å². The van der Waals surface area contributed by atoms with Gasteiger partial charge in [-0.3, -0.25) is 0 Å². The van der Waals surface area contributed by atoms with Crippen molar-refractivity contribution in [3.63, 3.8) is 0 Å². The Hall–Kier alpha value is -1.31. The van der Waals surface area contributed by atoms with E-state index in [0.717, 1.165) is 12.0 Å². The van der Waals surface area contributed by atoms with E-state index in [0.29, 0.717) is 6.54 Å². The molecule has 0 bridgehead atoms. The van der Waals surface area contributed by atoms with Crippen molar-refractivity contribution in [2.24, 2.45) is 0 Å². The van der Waals surface area contributed by atoms with Crippen LogP contribution in [0.5, 0.6) is 0 Å². The van der Waals surface area contributed by atoms with Gasteiger partial charge < -0.3 is 10.1 Å². The largest absolute Gasteiger partial charge is 0.378 e. The summed E-state index contributed by atoms with van der Waals surface area (Å²) in [7, 11) is 0. The second kappa shape index (κ2) is 3.90. The molecule has 2 heteroatoms. The van der Waals surface area contributed by atoms with E-state index in [-0.39, 0.29) is 0 Å². The summed E-state index contributed by atoms with van der Waals surface area (Å²) in [5.74, 6) is 0. The number of aldehydes is 1. The highest BCUT2D eigenvalue weighted by Gasteiger charge is 1.93. The molecule has 0 radical (unpaired) electrons. The van der Waals surface area contributed by atoms with Crippen LogP contribution in [0.4, 0.5) is 5.69 Å². The molecule has 0 aliphatic rings. The van der Waals surface area contributed by atoms with Crippen LogP contribution in [0.1, 0.15) is 11.1 Å². The molecule has 0 aliphatic heterocycles. The van der Waals surface area contributed by atoms with E-state index in [1.54, 1.807) is 0 Å². The van der Waals surface area contributed by atoms with Crippen LogP contribution in [0.15, 0.2) is 18.2 Å². The number of anilines is 1. The van der Waals surface area contributed by atoms with Crippen LogP contribution in [-0.4, -0.2) is 12.8 Å². The summed E-state index contributed by atoms with van der Waals surface area (Å²) < 4.78 is 0. The van der Waals surface area contributed by atoms with Gasteiger partial charge >= 0.3 is 0 Å². The van der Waals surface area contributed by atoms with Crippen molar-refractivity contribution in [2.75, 3.05) is 11.9 Å². The van der Waals surface area contributed by atoms with Crippen molar-refractivity contribution in [1.82, 2.24) is 0 Å². The first-order valence-corrected chi connectivity index (χ1v) is 3.99. The Balaban J connectivity index is 2.75. The Morgan fingerprint density at radius 3 is 2.67 bits per heavy atom. The van der Waals surface area contributed by atoms with Crippen LogP contribution in [0.25, 0.3) is 0 Å². The van der Waals surface area contributed by atoms with Crippen LogP contribution in [0.3, 0.4) is 0 Å². The number of benzene rings is 1. The van der Waals surface area contributed by atoms with Gasteiger partial charge in [0, 0.05) is 5.69 Å². The maximum atomic E-state index is 10.1. The fourth-order valence-electron chi connectivity index (χ4n) is 1.01. The van der Waals surface area contributed by atoms with E-state index in [4.69, 9.17) is 0 Å². The van der Waals surface area contributed by atoms with Crippen LogP contribution in [0.2, 0.25) is 0 Å². The Labute approximate surface area is 72.6 Å². The Kier molecular flexibility index (Phi) is 2.86. The molecule has 0 atom stereocenters. The molecule has 0 saturated heterocycles. The number of nitrogens with one attached hydrogen (secondary N) is 1. The van der Waals surface area contributed by atoms with E-state index < -0.39 is 0 Å². The highest BCUT2D eigenvalue weighted by Crippen LogP contribution is 2.13. The molecule has 0 amide bonds. The topological polar surface area (TPSA) is 29.1 Å². The molecule has 64 valence electrons. The summed E-state index contributed by atoms with van der Waals surface area (Å²) in [6.07, 6.45) is 0.856. The van der Waals surface area contributed by atoms with Gasteiger partial charge in [0.25, 0.3) is 0 Å². The molecule has 0 aliphatic carbocycles. The third kappa shape index (κ3) is 2.09. The van der Waals surface area contributed by atoms with Gasteiger partial charge in [0.05, 0.1) is 6.54 Å². The lowest BCUT2D eigenvalue weighted by molar-refractivity contribution is -0.106. The van der Waals surface area contributed by atoms with E-state index in [1.807, 2.05) is 18.2 Å². The van der Waals surface area contributed by atoms with Crippen molar-refractivity contribution < 1.29 is 4.79 Å². The summed E-state index contributed by atoms with van der Waals surface area (Å²) in [5, 5.41) is 2.99. The first kappa shape index (κ1) is 8.78. The quantitative estimate of drug-likeness (QED) is 0.690. The second-order valence-electron chi connectivity index (χ2n) is 2.85. The maximum Gasteiger partial charge on any atom is 0.139 e. The molecule has 1 aromatic rings. The number of hydrogen-bond acceptors (Lipinski definition) is 2. The average Bonchev–Trinajstić information content (AvgIpc) is 2.07. The summed E-state index contributed by atoms with van der Waals surface area (Å²) in [6.45, 7) is 4.50. The summed E-state index contributed by atoms with van der Waals surface area (Å²) in [5.41, 5.74) is 3.52. The normalized spacial score (nSPS) is 9.50. The Bertz CT molecular complexity index is 281. The lowest BCUT2D eigenvalue weighted by Gasteiger charge is -2.05. The molecular weight excluding hydrogens is 150 g/mol. The standard InChI is InChI=1S/C10H13NO/c1-8-3-4-10(7-9(8)2)11-5-6-12/h3-4,6-7,11H,5H2,1-2H3. The summed E-state index contributed by atoms with van der Waals surface area (Å²) in [4.78, 5) is 10.1. The molecule has 1 aromatic carbocycles. The van der Waals surface area contributed by atoms with E-state index in [1.165, 1.54) is 11.1 Å². The van der Waals surface area contributed by atoms with Crippen molar-refractivity contribution in [3.8, 4) is 0 Å². The first-order chi connectivity index (χ1) is 5.74. The zero-order valence-corrected chi connectivity index (χ0v) is 7.42. The minimum atomic E-state index is 0.377. The lowest BCUT2D eigenvalue weighted by atomic mass is 10.1. The minimum Gasteiger partial charge on any atom is -0.378 e. The van der Waals surface area contributed by atoms with Gasteiger partial charge in [-0.2, -0.15) is 0 Å². The lowest BCUT2D eigenvalue weighted by Crippen LogP contribution is -2.02. The van der Waals surface area contributed by atoms with Crippen LogP contribution in [-0.2, 0) is 4.79 Å². The molecule has 0 spiro atoms. The molecule has 2 nitrogen and oxygen atoms in total. The molecule has 0 unspecified atom stereocenters. The number of rotatable bonds is 3. The number of carbonyl (C=O) groups is 1. The minimum absolute atomic E-state index is 0.377. The van der Waals surface area contributed by atoms with Crippen LogP contribution < -0.4 is 5.32 Å². The van der Waals surface area contributed by atoms with Crippen LogP contribution in [0, 0.1) is 13.8 Å². The van der Waals surface area contributed by atoms with Crippen molar-refractivity contribution in [3.05, 3.63) is 29.3 Å². The van der Waals surface area contributed by atoms with Gasteiger partial charge in [-0.1, -0.05) is 6.07 Å². The number of aryl methyl sites for hydroxylation is 2. The summed E-state index contributed by atoms with van der Waals surface area (Å²) >= 11 is 0. The van der Waals surface area contributed by atoms with Gasteiger partial charge in [-0.05, 0) is 37.1 Å². The Morgan fingerprint density at radius 2 is 2.08 bits per heavy atom. The molecule has 0 heterocycles. The highest BCUT2D eigenvalue weighted by atomic mass is 16.1. The molecule has 0 fully saturated rings. The van der Waals surface area contributed by atoms with Crippen molar-refractivity contribution in [1.29, 1.82) is 0 Å². The number of hydrogen-bond donors (Lipinski definition) is 1. The molecule has 0 aromatic heterocycles. The zero-order chi connectivity index (χ0) is 8.97. The molecule has 1 N–H and O–H groups in total. The van der Waals surface area contributed by atoms with Gasteiger partial charge in [0.2, 0.25) is 0 Å². The Morgan fingerprint density at radius 1 is 1.33 bits per heavy atom. The third-order valence-electron chi connectivity index (χ3n) is 1.90. The fraction of sp³-hybridized carbons (Fsp3) is 0.300. The maximum absolute atomic E-state index is 10.1. The van der Waals surface area contributed by atoms with Gasteiger partial charge in [-0.25, -0.2) is 0 Å². The molecule has 0 saturated carbocycles. The summed E-state index contributed by atoms with van der Waals surface area (Å²) in [6, 6.07) is 6.06. The molecular formula is C10H13NO. The van der Waals surface area contributed by atoms with Gasteiger partial charge in [0.15, 0.2) is 0 Å². The fourth-order valence-corrected chi connectivity index (χ4v) is 1.01. The predicted octanol–water partition coefficient (Wildman–Crippen LogP) is 1.91. The monoisotopic (exact) mass is 163 g/mol. The van der Waals surface area contributed by atoms with E-state index >= 15 is 0 Å². The molecule has 12 heavy (non-hydrogen) atoms. The smallest absolute Gasteiger partial charge is 0.139 e. The molecule has 1 rings (SSSR count). The first-order valence-electron chi connectivity index (χ1n) is 3.99. The predicted molar refractivity (Wildman–Crippen MR) is 50.5 cm³/mol. The SMILES string of the molecule is Cc1ccc(NCC=O)cc1C. The van der Waals surface area contributed by atoms with Gasteiger partial charge in [0.1, 0.15) is 6.29 Å². The zero-order valence-electron chi connectivity index (χ0n) is 7.42. The van der Waals surface area contributed by atoms with Gasteiger partial charge in [-0.15, -0.1) is 0 Å². The highest BCUT2D eigenvalue weighted by molar-refractivity contribution is 5.60. The van der Waals surface area contributed by atoms with E-state index in [2.05, 4.69) is 19.2 Å².